The minimum Gasteiger partial charge on any atom is -0.454 e. The number of amides is 2. The van der Waals surface area contributed by atoms with Crippen molar-refractivity contribution >= 4 is 17.8 Å². The summed E-state index contributed by atoms with van der Waals surface area (Å²) < 4.78 is 10.7. The van der Waals surface area contributed by atoms with E-state index in [-0.39, 0.29) is 42.7 Å². The van der Waals surface area contributed by atoms with Crippen molar-refractivity contribution < 1.29 is 23.5 Å². The van der Waals surface area contributed by atoms with Gasteiger partial charge in [-0.25, -0.2) is 4.98 Å². The monoisotopic (exact) mass is 366 g/mol. The number of hydrogen-bond donors (Lipinski definition) is 0. The summed E-state index contributed by atoms with van der Waals surface area (Å²) in [4.78, 5) is 41.9. The van der Waals surface area contributed by atoms with E-state index < -0.39 is 5.97 Å². The lowest BCUT2D eigenvalue weighted by atomic mass is 9.85. The Morgan fingerprint density at radius 2 is 1.78 bits per heavy atom. The maximum atomic E-state index is 12.4. The van der Waals surface area contributed by atoms with Gasteiger partial charge in [-0.05, 0) is 12.8 Å². The van der Waals surface area contributed by atoms with Gasteiger partial charge in [0.15, 0.2) is 12.4 Å². The largest absolute Gasteiger partial charge is 0.454 e. The molecule has 2 heterocycles. The molecule has 1 aromatic heterocycles. The summed E-state index contributed by atoms with van der Waals surface area (Å²) in [5.41, 5.74) is 0.868. The smallest absolute Gasteiger partial charge is 0.326 e. The number of fused-ring (bicyclic) bond motifs is 1. The summed E-state index contributed by atoms with van der Waals surface area (Å²) in [7, 11) is 0. The molecule has 4 rings (SSSR count). The number of aromatic nitrogens is 1. The molecule has 7 heteroatoms. The van der Waals surface area contributed by atoms with Crippen LogP contribution in [0.15, 0.2) is 53.1 Å². The highest BCUT2D eigenvalue weighted by atomic mass is 16.5. The fraction of sp³-hybridized carbons (Fsp3) is 0.300. The number of oxazole rings is 1. The van der Waals surface area contributed by atoms with E-state index in [1.807, 2.05) is 42.5 Å². The molecule has 0 radical (unpaired) electrons. The van der Waals surface area contributed by atoms with Crippen LogP contribution >= 0.6 is 0 Å². The van der Waals surface area contributed by atoms with Crippen molar-refractivity contribution in [2.24, 2.45) is 11.8 Å². The molecule has 0 N–H and O–H groups in total. The highest BCUT2D eigenvalue weighted by Gasteiger charge is 2.47. The van der Waals surface area contributed by atoms with Crippen LogP contribution in [0.1, 0.15) is 18.7 Å². The van der Waals surface area contributed by atoms with E-state index in [0.29, 0.717) is 18.6 Å². The second-order valence-electron chi connectivity index (χ2n) is 6.56. The predicted molar refractivity (Wildman–Crippen MR) is 93.8 cm³/mol. The van der Waals surface area contributed by atoms with E-state index in [9.17, 15) is 14.4 Å². The van der Waals surface area contributed by atoms with Crippen LogP contribution < -0.4 is 0 Å². The second-order valence-corrected chi connectivity index (χ2v) is 6.56. The Bertz CT molecular complexity index is 876. The van der Waals surface area contributed by atoms with Gasteiger partial charge in [-0.15, -0.1) is 0 Å². The molecule has 1 aliphatic carbocycles. The van der Waals surface area contributed by atoms with E-state index >= 15 is 0 Å². The van der Waals surface area contributed by atoms with Crippen molar-refractivity contribution in [3.63, 3.8) is 0 Å². The first-order valence-corrected chi connectivity index (χ1v) is 8.79. The summed E-state index contributed by atoms with van der Waals surface area (Å²) >= 11 is 0. The minimum absolute atomic E-state index is 0.156. The molecule has 0 saturated carbocycles. The summed E-state index contributed by atoms with van der Waals surface area (Å²) in [5, 5.41) is 0. The molecule has 1 saturated heterocycles. The lowest BCUT2D eigenvalue weighted by Gasteiger charge is -2.14. The van der Waals surface area contributed by atoms with Crippen LogP contribution in [0.25, 0.3) is 11.3 Å². The maximum absolute atomic E-state index is 12.4. The van der Waals surface area contributed by atoms with Gasteiger partial charge in [0.25, 0.3) is 0 Å². The number of ether oxygens (including phenoxy) is 1. The lowest BCUT2D eigenvalue weighted by molar-refractivity contribution is -0.154. The zero-order valence-electron chi connectivity index (χ0n) is 14.5. The van der Waals surface area contributed by atoms with E-state index in [1.54, 1.807) is 6.20 Å². The van der Waals surface area contributed by atoms with Crippen molar-refractivity contribution in [1.29, 1.82) is 0 Å². The molecule has 2 amide bonds. The Kier molecular flexibility index (Phi) is 4.58. The standard InChI is InChI=1S/C20H18N2O5/c23-18(11-22-19(24)14-8-4-5-9-15(14)20(22)25)26-12-17-21-10-16(27-17)13-6-2-1-3-7-13/h1-7,10,14-15H,8-9,11-12H2/t14-,15-/m0/s1. The fourth-order valence-corrected chi connectivity index (χ4v) is 3.45. The number of hydrogen-bond acceptors (Lipinski definition) is 6. The Hall–Kier alpha value is -3.22. The first-order valence-electron chi connectivity index (χ1n) is 8.79. The van der Waals surface area contributed by atoms with Crippen molar-refractivity contribution in [2.45, 2.75) is 19.4 Å². The predicted octanol–water partition coefficient (Wildman–Crippen LogP) is 2.34. The average Bonchev–Trinajstić information content (AvgIpc) is 3.27. The Balaban J connectivity index is 1.33. The third-order valence-electron chi connectivity index (χ3n) is 4.85. The first-order chi connectivity index (χ1) is 13.1. The molecule has 138 valence electrons. The lowest BCUT2D eigenvalue weighted by Crippen LogP contribution is -2.36. The highest BCUT2D eigenvalue weighted by Crippen LogP contribution is 2.34. The van der Waals surface area contributed by atoms with E-state index in [4.69, 9.17) is 9.15 Å². The van der Waals surface area contributed by atoms with Gasteiger partial charge in [0, 0.05) is 5.56 Å². The number of benzene rings is 1. The molecule has 0 unspecified atom stereocenters. The van der Waals surface area contributed by atoms with Crippen LogP contribution in [-0.2, 0) is 25.7 Å². The van der Waals surface area contributed by atoms with Gasteiger partial charge in [-0.2, -0.15) is 0 Å². The summed E-state index contributed by atoms with van der Waals surface area (Å²) in [6.45, 7) is -0.535. The van der Waals surface area contributed by atoms with Crippen LogP contribution in [0, 0.1) is 11.8 Å². The quantitative estimate of drug-likeness (QED) is 0.458. The number of rotatable bonds is 5. The van der Waals surface area contributed by atoms with E-state index in [0.717, 1.165) is 10.5 Å². The molecular weight excluding hydrogens is 348 g/mol. The number of allylic oxidation sites excluding steroid dienone is 2. The van der Waals surface area contributed by atoms with Gasteiger partial charge in [0.05, 0.1) is 18.0 Å². The van der Waals surface area contributed by atoms with Crippen LogP contribution in [0.4, 0.5) is 0 Å². The number of likely N-dealkylation sites (tertiary alicyclic amines) is 1. The van der Waals surface area contributed by atoms with Crippen LogP contribution in [0.5, 0.6) is 0 Å². The molecule has 7 nitrogen and oxygen atoms in total. The van der Waals surface area contributed by atoms with Gasteiger partial charge in [-0.1, -0.05) is 42.5 Å². The van der Waals surface area contributed by atoms with Gasteiger partial charge in [0.2, 0.25) is 17.7 Å². The summed E-state index contributed by atoms with van der Waals surface area (Å²) in [6.07, 6.45) is 6.45. The van der Waals surface area contributed by atoms with Crippen molar-refractivity contribution in [2.75, 3.05) is 6.54 Å². The number of carbonyl (C=O) groups excluding carboxylic acids is 3. The molecule has 0 bridgehead atoms. The van der Waals surface area contributed by atoms with Gasteiger partial charge >= 0.3 is 5.97 Å². The minimum atomic E-state index is -0.664. The zero-order valence-corrected chi connectivity index (χ0v) is 14.5. The SMILES string of the molecule is O=C(CN1C(=O)[C@H]2CC=CC[C@@H]2C1=O)OCc1ncc(-c2ccccc2)o1. The fourth-order valence-electron chi connectivity index (χ4n) is 3.45. The highest BCUT2D eigenvalue weighted by molar-refractivity contribution is 6.07. The molecule has 27 heavy (non-hydrogen) atoms. The number of imide groups is 1. The van der Waals surface area contributed by atoms with E-state index in [2.05, 4.69) is 4.98 Å². The molecule has 1 aliphatic heterocycles. The zero-order chi connectivity index (χ0) is 18.8. The second kappa shape index (κ2) is 7.19. The summed E-state index contributed by atoms with van der Waals surface area (Å²) in [6, 6.07) is 9.43. The Morgan fingerprint density at radius 1 is 1.11 bits per heavy atom. The number of esters is 1. The molecule has 1 aromatic carbocycles. The van der Waals surface area contributed by atoms with Crippen molar-refractivity contribution in [3.8, 4) is 11.3 Å². The average molecular weight is 366 g/mol. The van der Waals surface area contributed by atoms with Crippen LogP contribution in [0.3, 0.4) is 0 Å². The van der Waals surface area contributed by atoms with Crippen LogP contribution in [-0.4, -0.2) is 34.2 Å². The molecule has 2 aliphatic rings. The Morgan fingerprint density at radius 3 is 2.44 bits per heavy atom. The summed E-state index contributed by atoms with van der Waals surface area (Å²) in [5.74, 6) is -1.14. The Labute approximate surface area is 155 Å². The number of nitrogens with zero attached hydrogens (tertiary/aromatic N) is 2. The molecule has 1 fully saturated rings. The maximum Gasteiger partial charge on any atom is 0.326 e. The normalized spacial score (nSPS) is 21.4. The van der Waals surface area contributed by atoms with Gasteiger partial charge in [0.1, 0.15) is 6.54 Å². The van der Waals surface area contributed by atoms with E-state index in [1.165, 1.54) is 0 Å². The third-order valence-corrected chi connectivity index (χ3v) is 4.85. The van der Waals surface area contributed by atoms with Crippen molar-refractivity contribution in [3.05, 3.63) is 54.6 Å². The van der Waals surface area contributed by atoms with Crippen molar-refractivity contribution in [1.82, 2.24) is 9.88 Å². The third kappa shape index (κ3) is 3.40. The topological polar surface area (TPSA) is 89.7 Å². The molecule has 2 aromatic rings. The first kappa shape index (κ1) is 17.2. The molecule has 0 spiro atoms. The van der Waals surface area contributed by atoms with Crippen LogP contribution in [0.2, 0.25) is 0 Å². The number of carbonyl (C=O) groups is 3. The molecular formula is C20H18N2O5. The van der Waals surface area contributed by atoms with Gasteiger partial charge in [-0.3, -0.25) is 19.3 Å². The molecule has 2 atom stereocenters. The van der Waals surface area contributed by atoms with Gasteiger partial charge < -0.3 is 9.15 Å².